The highest BCUT2D eigenvalue weighted by atomic mass is 79.9. The molecule has 0 spiro atoms. The van der Waals surface area contributed by atoms with E-state index in [4.69, 9.17) is 4.74 Å². The Hall–Kier alpha value is -2.87. The fourth-order valence-corrected chi connectivity index (χ4v) is 3.37. The SMILES string of the molecule is COC(=O)c1ccc(OCC(=O)Nc2cccc(N3CCCC3=O)c2)c(Br)c1. The number of methoxy groups -OCH3 is 1. The van der Waals surface area contributed by atoms with E-state index in [9.17, 15) is 14.4 Å². The van der Waals surface area contributed by atoms with E-state index >= 15 is 0 Å². The van der Waals surface area contributed by atoms with Crippen LogP contribution in [0.2, 0.25) is 0 Å². The molecule has 0 bridgehead atoms. The van der Waals surface area contributed by atoms with Gasteiger partial charge in [0.2, 0.25) is 5.91 Å². The van der Waals surface area contributed by atoms with Crippen LogP contribution in [0, 0.1) is 0 Å². The molecule has 1 fully saturated rings. The monoisotopic (exact) mass is 446 g/mol. The molecule has 7 nitrogen and oxygen atoms in total. The van der Waals surface area contributed by atoms with Crippen LogP contribution in [-0.4, -0.2) is 38.0 Å². The number of anilines is 2. The normalized spacial score (nSPS) is 13.4. The van der Waals surface area contributed by atoms with Gasteiger partial charge in [-0.15, -0.1) is 0 Å². The quantitative estimate of drug-likeness (QED) is 0.687. The van der Waals surface area contributed by atoms with E-state index < -0.39 is 5.97 Å². The van der Waals surface area contributed by atoms with E-state index in [0.29, 0.717) is 34.4 Å². The predicted octanol–water partition coefficient (Wildman–Crippen LogP) is 3.38. The van der Waals surface area contributed by atoms with Crippen molar-refractivity contribution in [3.05, 3.63) is 52.5 Å². The molecule has 8 heteroatoms. The molecule has 2 aromatic rings. The first-order valence-electron chi connectivity index (χ1n) is 8.69. The Morgan fingerprint density at radius 1 is 1.21 bits per heavy atom. The van der Waals surface area contributed by atoms with Crippen molar-refractivity contribution in [1.82, 2.24) is 0 Å². The van der Waals surface area contributed by atoms with Gasteiger partial charge in [-0.3, -0.25) is 9.59 Å². The third-order valence-electron chi connectivity index (χ3n) is 4.23. The lowest BCUT2D eigenvalue weighted by atomic mass is 10.2. The molecular weight excluding hydrogens is 428 g/mol. The molecule has 3 rings (SSSR count). The second-order valence-corrected chi connectivity index (χ2v) is 7.03. The average Bonchev–Trinajstić information content (AvgIpc) is 3.12. The van der Waals surface area contributed by atoms with Crippen LogP contribution < -0.4 is 15.0 Å². The van der Waals surface area contributed by atoms with Gasteiger partial charge in [0.25, 0.3) is 5.91 Å². The molecule has 2 amide bonds. The van der Waals surface area contributed by atoms with Crippen LogP contribution in [0.1, 0.15) is 23.2 Å². The third-order valence-corrected chi connectivity index (χ3v) is 4.85. The summed E-state index contributed by atoms with van der Waals surface area (Å²) in [5.74, 6) is -0.276. The lowest BCUT2D eigenvalue weighted by molar-refractivity contribution is -0.118. The maximum absolute atomic E-state index is 12.2. The lowest BCUT2D eigenvalue weighted by Crippen LogP contribution is -2.24. The van der Waals surface area contributed by atoms with Gasteiger partial charge in [0.05, 0.1) is 17.1 Å². The molecule has 1 heterocycles. The number of benzene rings is 2. The summed E-state index contributed by atoms with van der Waals surface area (Å²) in [5.41, 5.74) is 1.73. The van der Waals surface area contributed by atoms with Crippen molar-refractivity contribution in [3.63, 3.8) is 0 Å². The van der Waals surface area contributed by atoms with Crippen molar-refractivity contribution in [1.29, 1.82) is 0 Å². The van der Waals surface area contributed by atoms with E-state index in [-0.39, 0.29) is 18.4 Å². The third kappa shape index (κ3) is 4.69. The summed E-state index contributed by atoms with van der Waals surface area (Å²) in [7, 11) is 1.31. The van der Waals surface area contributed by atoms with Gasteiger partial charge < -0.3 is 19.7 Å². The van der Waals surface area contributed by atoms with Crippen molar-refractivity contribution >= 4 is 45.1 Å². The predicted molar refractivity (Wildman–Crippen MR) is 108 cm³/mol. The topological polar surface area (TPSA) is 84.9 Å². The maximum Gasteiger partial charge on any atom is 0.337 e. The molecule has 1 N–H and O–H groups in total. The summed E-state index contributed by atoms with van der Waals surface area (Å²) in [6.07, 6.45) is 1.39. The van der Waals surface area contributed by atoms with Crippen molar-refractivity contribution in [2.75, 3.05) is 30.5 Å². The van der Waals surface area contributed by atoms with Crippen LogP contribution in [-0.2, 0) is 14.3 Å². The Bertz CT molecular complexity index is 915. The summed E-state index contributed by atoms with van der Waals surface area (Å²) >= 11 is 3.31. The Morgan fingerprint density at radius 3 is 2.71 bits per heavy atom. The fourth-order valence-electron chi connectivity index (χ4n) is 2.88. The minimum Gasteiger partial charge on any atom is -0.483 e. The molecule has 0 unspecified atom stereocenters. The molecule has 1 aliphatic rings. The number of ether oxygens (including phenoxy) is 2. The maximum atomic E-state index is 12.2. The van der Waals surface area contributed by atoms with E-state index in [2.05, 4.69) is 26.0 Å². The minimum atomic E-state index is -0.457. The number of hydrogen-bond acceptors (Lipinski definition) is 5. The van der Waals surface area contributed by atoms with Crippen LogP contribution in [0.4, 0.5) is 11.4 Å². The largest absolute Gasteiger partial charge is 0.483 e. The second-order valence-electron chi connectivity index (χ2n) is 6.17. The van der Waals surface area contributed by atoms with Crippen molar-refractivity contribution in [2.24, 2.45) is 0 Å². The Morgan fingerprint density at radius 2 is 2.04 bits per heavy atom. The van der Waals surface area contributed by atoms with Crippen LogP contribution in [0.25, 0.3) is 0 Å². The molecule has 2 aromatic carbocycles. The van der Waals surface area contributed by atoms with Gasteiger partial charge in [0.15, 0.2) is 6.61 Å². The Balaban J connectivity index is 1.59. The standard InChI is InChI=1S/C20H19BrN2O5/c1-27-20(26)13-7-8-17(16(21)10-13)28-12-18(24)22-14-4-2-5-15(11-14)23-9-3-6-19(23)25/h2,4-5,7-8,10-11H,3,6,9,12H2,1H3,(H,22,24). The van der Waals surface area contributed by atoms with E-state index in [0.717, 1.165) is 12.1 Å². The first-order valence-corrected chi connectivity index (χ1v) is 9.48. The number of nitrogens with one attached hydrogen (secondary N) is 1. The van der Waals surface area contributed by atoms with E-state index in [1.54, 1.807) is 41.3 Å². The summed E-state index contributed by atoms with van der Waals surface area (Å²) < 4.78 is 10.7. The smallest absolute Gasteiger partial charge is 0.337 e. The van der Waals surface area contributed by atoms with Crippen LogP contribution >= 0.6 is 15.9 Å². The van der Waals surface area contributed by atoms with Gasteiger partial charge in [-0.05, 0) is 58.7 Å². The highest BCUT2D eigenvalue weighted by Gasteiger charge is 2.21. The van der Waals surface area contributed by atoms with E-state index in [1.165, 1.54) is 7.11 Å². The Labute approximate surface area is 170 Å². The molecule has 0 aromatic heterocycles. The number of nitrogens with zero attached hydrogens (tertiary/aromatic N) is 1. The zero-order chi connectivity index (χ0) is 20.1. The van der Waals surface area contributed by atoms with Crippen LogP contribution in [0.15, 0.2) is 46.9 Å². The number of esters is 1. The number of amides is 2. The summed E-state index contributed by atoms with van der Waals surface area (Å²) in [6, 6.07) is 11.9. The lowest BCUT2D eigenvalue weighted by Gasteiger charge is -2.17. The second kappa shape index (κ2) is 8.88. The van der Waals surface area contributed by atoms with E-state index in [1.807, 2.05) is 6.07 Å². The van der Waals surface area contributed by atoms with Gasteiger partial charge >= 0.3 is 5.97 Å². The fraction of sp³-hybridized carbons (Fsp3) is 0.250. The molecule has 28 heavy (non-hydrogen) atoms. The first-order chi connectivity index (χ1) is 13.5. The minimum absolute atomic E-state index is 0.0899. The molecule has 1 aliphatic heterocycles. The number of hydrogen-bond donors (Lipinski definition) is 1. The number of carbonyl (C=O) groups is 3. The molecule has 0 radical (unpaired) electrons. The molecule has 1 saturated heterocycles. The molecule has 146 valence electrons. The molecule has 0 saturated carbocycles. The molecule has 0 atom stereocenters. The number of carbonyl (C=O) groups excluding carboxylic acids is 3. The number of halogens is 1. The summed E-state index contributed by atoms with van der Waals surface area (Å²) in [5, 5.41) is 2.76. The van der Waals surface area contributed by atoms with Gasteiger partial charge in [-0.2, -0.15) is 0 Å². The summed E-state index contributed by atoms with van der Waals surface area (Å²) in [6.45, 7) is 0.484. The highest BCUT2D eigenvalue weighted by Crippen LogP contribution is 2.27. The van der Waals surface area contributed by atoms with Crippen molar-refractivity contribution in [3.8, 4) is 5.75 Å². The first kappa shape index (κ1) is 19.9. The van der Waals surface area contributed by atoms with Gasteiger partial charge in [0.1, 0.15) is 5.75 Å². The summed E-state index contributed by atoms with van der Waals surface area (Å²) in [4.78, 5) is 37.3. The highest BCUT2D eigenvalue weighted by molar-refractivity contribution is 9.10. The molecular formula is C20H19BrN2O5. The zero-order valence-electron chi connectivity index (χ0n) is 15.2. The number of rotatable bonds is 6. The zero-order valence-corrected chi connectivity index (χ0v) is 16.8. The van der Waals surface area contributed by atoms with Gasteiger partial charge in [-0.1, -0.05) is 6.07 Å². The van der Waals surface area contributed by atoms with Crippen LogP contribution in [0.5, 0.6) is 5.75 Å². The Kier molecular flexibility index (Phi) is 6.30. The van der Waals surface area contributed by atoms with Crippen molar-refractivity contribution in [2.45, 2.75) is 12.8 Å². The van der Waals surface area contributed by atoms with Crippen molar-refractivity contribution < 1.29 is 23.9 Å². The van der Waals surface area contributed by atoms with Gasteiger partial charge in [-0.25, -0.2) is 4.79 Å². The molecule has 0 aliphatic carbocycles. The van der Waals surface area contributed by atoms with Crippen LogP contribution in [0.3, 0.4) is 0 Å². The van der Waals surface area contributed by atoms with Gasteiger partial charge in [0, 0.05) is 24.3 Å². The average molecular weight is 447 g/mol.